The van der Waals surface area contributed by atoms with Gasteiger partial charge in [0.2, 0.25) is 5.89 Å². The Morgan fingerprint density at radius 1 is 1.42 bits per heavy atom. The minimum absolute atomic E-state index is 0.0118. The van der Waals surface area contributed by atoms with Crippen LogP contribution in [-0.4, -0.2) is 34.1 Å². The van der Waals surface area contributed by atoms with Gasteiger partial charge >= 0.3 is 0 Å². The maximum absolute atomic E-state index is 12.9. The Hall–Kier alpha value is -2.37. The second-order valence-corrected chi connectivity index (χ2v) is 5.93. The van der Waals surface area contributed by atoms with Crippen molar-refractivity contribution in [3.05, 3.63) is 41.5 Å². The minimum Gasteiger partial charge on any atom is -0.494 e. The highest BCUT2D eigenvalue weighted by atomic mass is 16.5. The average molecular weight is 329 g/mol. The van der Waals surface area contributed by atoms with Crippen molar-refractivity contribution in [3.63, 3.8) is 0 Å². The highest BCUT2D eigenvalue weighted by molar-refractivity contribution is 5.95. The third-order valence-electron chi connectivity index (χ3n) is 4.15. The van der Waals surface area contributed by atoms with E-state index in [1.807, 2.05) is 30.0 Å². The number of aryl methyl sites for hydroxylation is 1. The van der Waals surface area contributed by atoms with Gasteiger partial charge < -0.3 is 14.2 Å². The normalized spacial score (nSPS) is 17.2. The summed E-state index contributed by atoms with van der Waals surface area (Å²) in [6.07, 6.45) is 3.44. The first-order valence-electron chi connectivity index (χ1n) is 8.59. The van der Waals surface area contributed by atoms with Crippen molar-refractivity contribution >= 4 is 5.91 Å². The first-order chi connectivity index (χ1) is 11.7. The number of nitrogens with zero attached hydrogens (tertiary/aromatic N) is 3. The first-order valence-corrected chi connectivity index (χ1v) is 8.59. The fraction of sp³-hybridized carbons (Fsp3) is 0.500. The molecule has 1 atom stereocenters. The van der Waals surface area contributed by atoms with Crippen LogP contribution in [0.1, 0.15) is 61.2 Å². The summed E-state index contributed by atoms with van der Waals surface area (Å²) in [4.78, 5) is 19.2. The van der Waals surface area contributed by atoms with Crippen molar-refractivity contribution in [1.29, 1.82) is 0 Å². The smallest absolute Gasteiger partial charge is 0.254 e. The van der Waals surface area contributed by atoms with Crippen LogP contribution in [-0.2, 0) is 6.42 Å². The lowest BCUT2D eigenvalue weighted by atomic mass is 10.1. The molecule has 0 bridgehead atoms. The molecule has 1 aromatic carbocycles. The topological polar surface area (TPSA) is 68.5 Å². The molecule has 24 heavy (non-hydrogen) atoms. The average Bonchev–Trinajstić information content (AvgIpc) is 3.28. The lowest BCUT2D eigenvalue weighted by Crippen LogP contribution is -2.31. The third kappa shape index (κ3) is 3.42. The molecule has 1 saturated heterocycles. The van der Waals surface area contributed by atoms with Crippen LogP contribution in [0, 0.1) is 0 Å². The van der Waals surface area contributed by atoms with Crippen LogP contribution in [0.4, 0.5) is 0 Å². The molecule has 6 heteroatoms. The zero-order valence-electron chi connectivity index (χ0n) is 14.2. The summed E-state index contributed by atoms with van der Waals surface area (Å²) >= 11 is 0. The summed E-state index contributed by atoms with van der Waals surface area (Å²) in [6.45, 7) is 5.38. The number of hydrogen-bond donors (Lipinski definition) is 0. The van der Waals surface area contributed by atoms with E-state index in [0.29, 0.717) is 36.9 Å². The molecule has 1 amide bonds. The van der Waals surface area contributed by atoms with E-state index >= 15 is 0 Å². The van der Waals surface area contributed by atoms with Crippen LogP contribution in [0.15, 0.2) is 28.8 Å². The van der Waals surface area contributed by atoms with Gasteiger partial charge in [0, 0.05) is 18.5 Å². The molecule has 2 aromatic rings. The summed E-state index contributed by atoms with van der Waals surface area (Å²) in [7, 11) is 0. The second kappa shape index (κ2) is 7.47. The molecule has 1 fully saturated rings. The van der Waals surface area contributed by atoms with Crippen LogP contribution < -0.4 is 4.74 Å². The van der Waals surface area contributed by atoms with Gasteiger partial charge in [-0.05, 0) is 37.5 Å². The summed E-state index contributed by atoms with van der Waals surface area (Å²) in [5.41, 5.74) is 0.634. The maximum atomic E-state index is 12.9. The van der Waals surface area contributed by atoms with Crippen LogP contribution >= 0.6 is 0 Å². The molecule has 0 saturated carbocycles. The summed E-state index contributed by atoms with van der Waals surface area (Å²) in [5, 5.41) is 4.05. The molecule has 0 radical (unpaired) electrons. The molecule has 128 valence electrons. The van der Waals surface area contributed by atoms with Gasteiger partial charge in [-0.3, -0.25) is 4.79 Å². The van der Waals surface area contributed by atoms with E-state index in [1.54, 1.807) is 6.07 Å². The van der Waals surface area contributed by atoms with Gasteiger partial charge in [-0.15, -0.1) is 0 Å². The predicted octanol–water partition coefficient (Wildman–Crippen LogP) is 3.40. The van der Waals surface area contributed by atoms with Gasteiger partial charge in [-0.25, -0.2) is 0 Å². The van der Waals surface area contributed by atoms with Crippen molar-refractivity contribution in [2.75, 3.05) is 13.2 Å². The Labute approximate surface area is 141 Å². The SMILES string of the molecule is CCCOc1cccc(C(=O)N2CCCC2c2noc(CC)n2)c1. The molecular weight excluding hydrogens is 306 g/mol. The number of aromatic nitrogens is 2. The fourth-order valence-corrected chi connectivity index (χ4v) is 2.93. The number of rotatable bonds is 6. The highest BCUT2D eigenvalue weighted by Crippen LogP contribution is 2.32. The van der Waals surface area contributed by atoms with Crippen molar-refractivity contribution in [3.8, 4) is 5.75 Å². The van der Waals surface area contributed by atoms with Gasteiger partial charge in [0.25, 0.3) is 5.91 Å². The number of likely N-dealkylation sites (tertiary alicyclic amines) is 1. The first kappa shape index (κ1) is 16.5. The molecule has 1 unspecified atom stereocenters. The van der Waals surface area contributed by atoms with Crippen LogP contribution in [0.5, 0.6) is 5.75 Å². The Bertz CT molecular complexity index is 698. The van der Waals surface area contributed by atoms with Crippen molar-refractivity contribution < 1.29 is 14.1 Å². The van der Waals surface area contributed by atoms with Gasteiger partial charge in [-0.1, -0.05) is 25.1 Å². The van der Waals surface area contributed by atoms with Gasteiger partial charge in [0.05, 0.1) is 12.6 Å². The maximum Gasteiger partial charge on any atom is 0.254 e. The Balaban J connectivity index is 1.78. The standard InChI is InChI=1S/C18H23N3O3/c1-3-11-23-14-8-5-7-13(12-14)18(22)21-10-6-9-15(21)17-19-16(4-2)24-20-17/h5,7-8,12,15H,3-4,6,9-11H2,1-2H3. The van der Waals surface area contributed by atoms with Gasteiger partial charge in [0.1, 0.15) is 5.75 Å². The second-order valence-electron chi connectivity index (χ2n) is 5.93. The molecule has 1 aromatic heterocycles. The van der Waals surface area contributed by atoms with Crippen LogP contribution in [0.25, 0.3) is 0 Å². The van der Waals surface area contributed by atoms with E-state index in [1.165, 1.54) is 0 Å². The van der Waals surface area contributed by atoms with E-state index in [4.69, 9.17) is 9.26 Å². The number of carbonyl (C=O) groups excluding carboxylic acids is 1. The highest BCUT2D eigenvalue weighted by Gasteiger charge is 2.33. The van der Waals surface area contributed by atoms with E-state index in [0.717, 1.165) is 25.0 Å². The van der Waals surface area contributed by atoms with Gasteiger partial charge in [0.15, 0.2) is 5.82 Å². The lowest BCUT2D eigenvalue weighted by Gasteiger charge is -2.22. The number of ether oxygens (including phenoxy) is 1. The predicted molar refractivity (Wildman–Crippen MR) is 88.9 cm³/mol. The summed E-state index contributed by atoms with van der Waals surface area (Å²) in [5.74, 6) is 1.93. The molecule has 3 rings (SSSR count). The molecule has 0 N–H and O–H groups in total. The number of amides is 1. The molecule has 0 spiro atoms. The van der Waals surface area contributed by atoms with Crippen molar-refractivity contribution in [2.24, 2.45) is 0 Å². The summed E-state index contributed by atoms with van der Waals surface area (Å²) in [6, 6.07) is 7.25. The Kier molecular flexibility index (Phi) is 5.13. The zero-order chi connectivity index (χ0) is 16.9. The number of hydrogen-bond acceptors (Lipinski definition) is 5. The Morgan fingerprint density at radius 3 is 3.04 bits per heavy atom. The van der Waals surface area contributed by atoms with Crippen molar-refractivity contribution in [1.82, 2.24) is 15.0 Å². The molecule has 1 aliphatic rings. The zero-order valence-corrected chi connectivity index (χ0v) is 14.2. The monoisotopic (exact) mass is 329 g/mol. The van der Waals surface area contributed by atoms with E-state index < -0.39 is 0 Å². The van der Waals surface area contributed by atoms with Crippen LogP contribution in [0.2, 0.25) is 0 Å². The van der Waals surface area contributed by atoms with E-state index in [-0.39, 0.29) is 11.9 Å². The molecule has 1 aliphatic heterocycles. The largest absolute Gasteiger partial charge is 0.494 e. The quantitative estimate of drug-likeness (QED) is 0.812. The van der Waals surface area contributed by atoms with E-state index in [9.17, 15) is 4.79 Å². The third-order valence-corrected chi connectivity index (χ3v) is 4.15. The molecular formula is C18H23N3O3. The number of carbonyl (C=O) groups is 1. The van der Waals surface area contributed by atoms with Crippen molar-refractivity contribution in [2.45, 2.75) is 45.6 Å². The Morgan fingerprint density at radius 2 is 2.29 bits per heavy atom. The molecule has 2 heterocycles. The minimum atomic E-state index is -0.109. The molecule has 6 nitrogen and oxygen atoms in total. The van der Waals surface area contributed by atoms with E-state index in [2.05, 4.69) is 17.1 Å². The van der Waals surface area contributed by atoms with Crippen LogP contribution in [0.3, 0.4) is 0 Å². The summed E-state index contributed by atoms with van der Waals surface area (Å²) < 4.78 is 10.8. The number of benzene rings is 1. The van der Waals surface area contributed by atoms with Gasteiger partial charge in [-0.2, -0.15) is 4.98 Å². The fourth-order valence-electron chi connectivity index (χ4n) is 2.93. The lowest BCUT2D eigenvalue weighted by molar-refractivity contribution is 0.0728. The molecule has 0 aliphatic carbocycles.